The SMILES string of the molecule is CC1CCCc2c1ccc1c2ccc2ccccc21.O=P(O)(O)O.O=P(O)(O)O.O=P(O)(O)O. The zero-order chi connectivity index (χ0) is 26.3. The highest BCUT2D eigenvalue weighted by molar-refractivity contribution is 7.45. The zero-order valence-electron chi connectivity index (χ0n) is 17.9. The van der Waals surface area contributed by atoms with Crippen LogP contribution in [0.25, 0.3) is 21.5 Å². The lowest BCUT2D eigenvalue weighted by atomic mass is 9.81. The molecule has 1 aliphatic carbocycles. The lowest BCUT2D eigenvalue weighted by molar-refractivity contribution is 0.272. The zero-order valence-corrected chi connectivity index (χ0v) is 20.6. The first kappa shape index (κ1) is 30.5. The molecule has 0 fully saturated rings. The average Bonchev–Trinajstić information content (AvgIpc) is 2.64. The van der Waals surface area contributed by atoms with E-state index in [1.54, 1.807) is 11.1 Å². The van der Waals surface area contributed by atoms with E-state index in [1.807, 2.05) is 0 Å². The van der Waals surface area contributed by atoms with Crippen molar-refractivity contribution in [1.82, 2.24) is 0 Å². The summed E-state index contributed by atoms with van der Waals surface area (Å²) < 4.78 is 26.6. The van der Waals surface area contributed by atoms with E-state index in [0.717, 1.165) is 5.92 Å². The first-order chi connectivity index (χ1) is 15.3. The molecule has 3 aromatic carbocycles. The van der Waals surface area contributed by atoms with E-state index in [4.69, 9.17) is 57.7 Å². The van der Waals surface area contributed by atoms with Gasteiger partial charge in [-0.3, -0.25) is 0 Å². The third kappa shape index (κ3) is 12.8. The van der Waals surface area contributed by atoms with Gasteiger partial charge in [0.1, 0.15) is 0 Å². The molecule has 0 aromatic heterocycles. The molecule has 34 heavy (non-hydrogen) atoms. The van der Waals surface area contributed by atoms with Crippen molar-refractivity contribution in [3.63, 3.8) is 0 Å². The molecular weight excluding hydrogens is 513 g/mol. The molecule has 9 N–H and O–H groups in total. The fourth-order valence-corrected chi connectivity index (χ4v) is 3.65. The second-order valence-electron chi connectivity index (χ2n) is 7.35. The Bertz CT molecular complexity index is 1170. The molecule has 1 unspecified atom stereocenters. The Kier molecular flexibility index (Phi) is 11.2. The minimum Gasteiger partial charge on any atom is -0.303 e. The maximum absolute atomic E-state index is 8.88. The summed E-state index contributed by atoms with van der Waals surface area (Å²) in [6, 6.07) is 18.0. The van der Waals surface area contributed by atoms with Crippen LogP contribution in [0, 0.1) is 0 Å². The van der Waals surface area contributed by atoms with Gasteiger partial charge in [0.05, 0.1) is 0 Å². The van der Waals surface area contributed by atoms with Gasteiger partial charge in [0, 0.05) is 0 Å². The smallest absolute Gasteiger partial charge is 0.303 e. The summed E-state index contributed by atoms with van der Waals surface area (Å²) in [5, 5.41) is 5.63. The van der Waals surface area contributed by atoms with Crippen molar-refractivity contribution in [3.8, 4) is 0 Å². The number of benzene rings is 3. The Morgan fingerprint density at radius 2 is 1.12 bits per heavy atom. The van der Waals surface area contributed by atoms with Crippen molar-refractivity contribution in [1.29, 1.82) is 0 Å². The molecule has 0 saturated heterocycles. The Labute approximate surface area is 194 Å². The Morgan fingerprint density at radius 3 is 1.65 bits per heavy atom. The maximum Gasteiger partial charge on any atom is 0.466 e. The fourth-order valence-electron chi connectivity index (χ4n) is 3.65. The molecule has 1 aliphatic rings. The van der Waals surface area contributed by atoms with Crippen LogP contribution in [0.15, 0.2) is 48.5 Å². The summed E-state index contributed by atoms with van der Waals surface area (Å²) in [6.07, 6.45) is 3.92. The van der Waals surface area contributed by atoms with E-state index in [2.05, 4.69) is 55.5 Å². The molecule has 15 heteroatoms. The van der Waals surface area contributed by atoms with E-state index < -0.39 is 23.5 Å². The number of rotatable bonds is 0. The number of aryl methyl sites for hydroxylation is 1. The van der Waals surface area contributed by atoms with Crippen molar-refractivity contribution in [2.75, 3.05) is 0 Å². The van der Waals surface area contributed by atoms with Gasteiger partial charge in [-0.15, -0.1) is 0 Å². The molecule has 190 valence electrons. The summed E-state index contributed by atoms with van der Waals surface area (Å²) in [5.41, 5.74) is 3.18. The molecule has 0 radical (unpaired) electrons. The fraction of sp³-hybridized carbons (Fsp3) is 0.263. The van der Waals surface area contributed by atoms with E-state index in [-0.39, 0.29) is 0 Å². The van der Waals surface area contributed by atoms with Crippen molar-refractivity contribution in [3.05, 3.63) is 59.7 Å². The van der Waals surface area contributed by atoms with Crippen molar-refractivity contribution < 1.29 is 57.7 Å². The minimum atomic E-state index is -4.64. The van der Waals surface area contributed by atoms with Gasteiger partial charge >= 0.3 is 23.5 Å². The van der Waals surface area contributed by atoms with Gasteiger partial charge in [-0.05, 0) is 57.9 Å². The monoisotopic (exact) mass is 540 g/mol. The molecule has 1 atom stereocenters. The normalized spacial score (nSPS) is 15.6. The second kappa shape index (κ2) is 12.5. The van der Waals surface area contributed by atoms with Crippen molar-refractivity contribution in [2.24, 2.45) is 0 Å². The van der Waals surface area contributed by atoms with Crippen LogP contribution >= 0.6 is 23.5 Å². The summed E-state index contributed by atoms with van der Waals surface area (Å²) >= 11 is 0. The molecule has 0 heterocycles. The predicted octanol–water partition coefficient (Wildman–Crippen LogP) is 2.65. The van der Waals surface area contributed by atoms with E-state index in [1.165, 1.54) is 40.8 Å². The molecule has 0 bridgehead atoms. The molecule has 12 nitrogen and oxygen atoms in total. The number of fused-ring (bicyclic) bond motifs is 5. The lowest BCUT2D eigenvalue weighted by Crippen LogP contribution is -2.07. The molecular formula is C19H27O12P3. The quantitative estimate of drug-likeness (QED) is 0.148. The Hall–Kier alpha value is -1.49. The summed E-state index contributed by atoms with van der Waals surface area (Å²) in [4.78, 5) is 64.7. The van der Waals surface area contributed by atoms with Gasteiger partial charge in [0.25, 0.3) is 0 Å². The van der Waals surface area contributed by atoms with Crippen LogP contribution in [-0.4, -0.2) is 44.0 Å². The molecule has 0 aliphatic heterocycles. The third-order valence-corrected chi connectivity index (χ3v) is 4.67. The second-order valence-corrected chi connectivity index (χ2v) is 10.4. The van der Waals surface area contributed by atoms with Gasteiger partial charge < -0.3 is 44.0 Å². The van der Waals surface area contributed by atoms with Crippen LogP contribution in [0.1, 0.15) is 36.8 Å². The van der Waals surface area contributed by atoms with Gasteiger partial charge in [-0.25, -0.2) is 13.7 Å². The molecule has 0 amide bonds. The minimum absolute atomic E-state index is 0.722. The highest BCUT2D eigenvalue weighted by Gasteiger charge is 2.18. The third-order valence-electron chi connectivity index (χ3n) is 4.67. The van der Waals surface area contributed by atoms with Gasteiger partial charge in [0.15, 0.2) is 0 Å². The van der Waals surface area contributed by atoms with Crippen LogP contribution in [-0.2, 0) is 20.1 Å². The van der Waals surface area contributed by atoms with Crippen molar-refractivity contribution in [2.45, 2.75) is 32.1 Å². The predicted molar refractivity (Wildman–Crippen MR) is 126 cm³/mol. The summed E-state index contributed by atoms with van der Waals surface area (Å²) in [5.74, 6) is 0.722. The number of phosphoric acid groups is 3. The van der Waals surface area contributed by atoms with Crippen LogP contribution < -0.4 is 0 Å². The Balaban J connectivity index is 0.000000320. The maximum atomic E-state index is 8.88. The lowest BCUT2D eigenvalue weighted by Gasteiger charge is -2.24. The molecule has 0 spiro atoms. The molecule has 4 rings (SSSR count). The highest BCUT2D eigenvalue weighted by atomic mass is 31.2. The average molecular weight is 540 g/mol. The van der Waals surface area contributed by atoms with Crippen LogP contribution in [0.4, 0.5) is 0 Å². The van der Waals surface area contributed by atoms with Crippen LogP contribution in [0.5, 0.6) is 0 Å². The number of hydrogen-bond acceptors (Lipinski definition) is 3. The largest absolute Gasteiger partial charge is 0.466 e. The Morgan fingerprint density at radius 1 is 0.647 bits per heavy atom. The molecule has 0 saturated carbocycles. The van der Waals surface area contributed by atoms with Gasteiger partial charge in [-0.2, -0.15) is 0 Å². The van der Waals surface area contributed by atoms with Gasteiger partial charge in [0.2, 0.25) is 0 Å². The standard InChI is InChI=1S/C19H18.3H3O4P/c1-13-5-4-8-17-15(13)11-12-18-16-7-3-2-6-14(16)9-10-19(17)18;3*1-5(2,3)4/h2-3,6-7,9-13H,4-5,8H2,1H3;3*(H3,1,2,3,4). The topological polar surface area (TPSA) is 233 Å². The van der Waals surface area contributed by atoms with E-state index >= 15 is 0 Å². The van der Waals surface area contributed by atoms with Gasteiger partial charge in [-0.1, -0.05) is 55.5 Å². The first-order valence-corrected chi connectivity index (χ1v) is 14.3. The summed E-state index contributed by atoms with van der Waals surface area (Å²) in [7, 11) is -13.9. The summed E-state index contributed by atoms with van der Waals surface area (Å²) in [6.45, 7) is 2.37. The highest BCUT2D eigenvalue weighted by Crippen LogP contribution is 2.37. The van der Waals surface area contributed by atoms with Crippen molar-refractivity contribution >= 4 is 45.0 Å². The number of hydrogen-bond donors (Lipinski definition) is 9. The van der Waals surface area contributed by atoms with Crippen LogP contribution in [0.3, 0.4) is 0 Å². The van der Waals surface area contributed by atoms with E-state index in [9.17, 15) is 0 Å². The van der Waals surface area contributed by atoms with Crippen LogP contribution in [0.2, 0.25) is 0 Å². The molecule has 3 aromatic rings. The van der Waals surface area contributed by atoms with E-state index in [0.29, 0.717) is 0 Å². The first-order valence-electron chi connectivity index (χ1n) is 9.62.